The summed E-state index contributed by atoms with van der Waals surface area (Å²) in [7, 11) is 0. The Hall–Kier alpha value is -3.94. The van der Waals surface area contributed by atoms with E-state index in [9.17, 15) is 28.8 Å². The first-order chi connectivity index (χ1) is 16.2. The highest BCUT2D eigenvalue weighted by atomic mass is 16.2. The van der Waals surface area contributed by atoms with Gasteiger partial charge < -0.3 is 0 Å². The number of carbonyl (C=O) groups excluding carboxylic acids is 6. The van der Waals surface area contributed by atoms with E-state index in [4.69, 9.17) is 0 Å². The second-order valence-corrected chi connectivity index (χ2v) is 9.13. The highest BCUT2D eigenvalue weighted by Crippen LogP contribution is 2.49. The van der Waals surface area contributed by atoms with Crippen molar-refractivity contribution in [2.45, 2.75) is 26.7 Å². The van der Waals surface area contributed by atoms with Crippen LogP contribution in [0.4, 0.5) is 11.4 Å². The molecule has 4 unspecified atom stereocenters. The van der Waals surface area contributed by atoms with Gasteiger partial charge in [-0.15, -0.1) is 0 Å². The summed E-state index contributed by atoms with van der Waals surface area (Å²) in [4.78, 5) is 78.1. The molecule has 2 aromatic carbocycles. The molecule has 2 aromatic rings. The third-order valence-corrected chi connectivity index (χ3v) is 7.20. The summed E-state index contributed by atoms with van der Waals surface area (Å²) >= 11 is 0. The number of benzene rings is 2. The molecule has 8 nitrogen and oxygen atoms in total. The molecule has 2 heterocycles. The standard InChI is InChI=1S/C26H22N2O6/c1-13(29)15-3-7-17(8-4-15)27-23(31)19-11-21-22(12-20(19)24(27)32)26(34)28(25(21)33)18-9-5-16(6-10-18)14(2)30/h3-10,19-22H,11-12H2,1-2H3. The summed E-state index contributed by atoms with van der Waals surface area (Å²) in [5.74, 6) is -4.44. The number of hydrogen-bond donors (Lipinski definition) is 0. The third-order valence-electron chi connectivity index (χ3n) is 7.20. The first-order valence-corrected chi connectivity index (χ1v) is 11.2. The van der Waals surface area contributed by atoms with Crippen LogP contribution in [-0.4, -0.2) is 35.2 Å². The number of ketones is 2. The number of fused-ring (bicyclic) bond motifs is 2. The van der Waals surface area contributed by atoms with Gasteiger partial charge in [-0.05, 0) is 75.2 Å². The van der Waals surface area contributed by atoms with E-state index in [1.54, 1.807) is 48.5 Å². The van der Waals surface area contributed by atoms with Gasteiger partial charge >= 0.3 is 0 Å². The Morgan fingerprint density at radius 1 is 0.559 bits per heavy atom. The Bertz CT molecular complexity index is 1120. The zero-order chi connectivity index (χ0) is 24.3. The molecule has 4 amide bonds. The Morgan fingerprint density at radius 3 is 1.06 bits per heavy atom. The molecule has 8 heteroatoms. The topological polar surface area (TPSA) is 109 Å². The van der Waals surface area contributed by atoms with Crippen LogP contribution in [0, 0.1) is 23.7 Å². The number of rotatable bonds is 4. The minimum absolute atomic E-state index is 0.121. The van der Waals surface area contributed by atoms with Crippen LogP contribution in [0.5, 0.6) is 0 Å². The van der Waals surface area contributed by atoms with E-state index in [1.165, 1.54) is 13.8 Å². The fourth-order valence-corrected chi connectivity index (χ4v) is 5.38. The van der Waals surface area contributed by atoms with Crippen LogP contribution < -0.4 is 9.80 Å². The molecule has 0 bridgehead atoms. The fraction of sp³-hybridized carbons (Fsp3) is 0.308. The first kappa shape index (κ1) is 21.9. The van der Waals surface area contributed by atoms with Crippen molar-refractivity contribution in [1.29, 1.82) is 0 Å². The van der Waals surface area contributed by atoms with Crippen molar-refractivity contribution in [3.63, 3.8) is 0 Å². The molecular formula is C26H22N2O6. The van der Waals surface area contributed by atoms with E-state index < -0.39 is 23.7 Å². The SMILES string of the molecule is CC(=O)c1ccc(N2C(=O)C3CC4C(=O)N(c5ccc(C(C)=O)cc5)C(=O)C4CC3C2=O)cc1. The third kappa shape index (κ3) is 3.21. The first-order valence-electron chi connectivity index (χ1n) is 11.2. The van der Waals surface area contributed by atoms with Crippen LogP contribution in [0.2, 0.25) is 0 Å². The van der Waals surface area contributed by atoms with Crippen molar-refractivity contribution in [2.24, 2.45) is 23.7 Å². The lowest BCUT2D eigenvalue weighted by Crippen LogP contribution is -2.35. The van der Waals surface area contributed by atoms with Crippen molar-refractivity contribution in [1.82, 2.24) is 0 Å². The predicted octanol–water partition coefficient (Wildman–Crippen LogP) is 2.80. The maximum Gasteiger partial charge on any atom is 0.237 e. The molecule has 172 valence electrons. The molecule has 3 aliphatic rings. The zero-order valence-electron chi connectivity index (χ0n) is 18.7. The number of anilines is 2. The number of Topliss-reactive ketones (excluding diaryl/α,β-unsaturated/α-hetero) is 2. The van der Waals surface area contributed by atoms with Gasteiger partial charge in [0.2, 0.25) is 23.6 Å². The molecule has 1 aliphatic carbocycles. The average Bonchev–Trinajstić information content (AvgIpc) is 3.22. The van der Waals surface area contributed by atoms with Crippen molar-refractivity contribution < 1.29 is 28.8 Å². The van der Waals surface area contributed by atoms with Gasteiger partial charge in [-0.25, -0.2) is 0 Å². The molecule has 34 heavy (non-hydrogen) atoms. The molecule has 0 aromatic heterocycles. The lowest BCUT2D eigenvalue weighted by atomic mass is 9.70. The van der Waals surface area contributed by atoms with Crippen molar-refractivity contribution >= 4 is 46.6 Å². The van der Waals surface area contributed by atoms with Gasteiger partial charge in [-0.2, -0.15) is 0 Å². The lowest BCUT2D eigenvalue weighted by Gasteiger charge is -2.28. The van der Waals surface area contributed by atoms with Crippen molar-refractivity contribution in [3.05, 3.63) is 59.7 Å². The molecule has 0 radical (unpaired) electrons. The number of amides is 4. The normalized spacial score (nSPS) is 26.1. The smallest absolute Gasteiger partial charge is 0.237 e. The molecular weight excluding hydrogens is 436 g/mol. The molecule has 3 fully saturated rings. The molecule has 4 atom stereocenters. The van der Waals surface area contributed by atoms with Gasteiger partial charge in [0.25, 0.3) is 0 Å². The number of nitrogens with zero attached hydrogens (tertiary/aromatic N) is 2. The van der Waals surface area contributed by atoms with E-state index in [0.717, 1.165) is 9.80 Å². The van der Waals surface area contributed by atoms with Gasteiger partial charge in [0.15, 0.2) is 11.6 Å². The minimum Gasteiger partial charge on any atom is -0.295 e. The summed E-state index contributed by atoms with van der Waals surface area (Å²) in [6.07, 6.45) is 0.267. The van der Waals surface area contributed by atoms with Crippen LogP contribution in [0.1, 0.15) is 47.4 Å². The number of carbonyl (C=O) groups is 6. The van der Waals surface area contributed by atoms with Gasteiger partial charge in [0.1, 0.15) is 0 Å². The Kier molecular flexibility index (Phi) is 5.04. The van der Waals surface area contributed by atoms with Gasteiger partial charge in [0, 0.05) is 11.1 Å². The van der Waals surface area contributed by atoms with Gasteiger partial charge in [-0.1, -0.05) is 0 Å². The zero-order valence-corrected chi connectivity index (χ0v) is 18.7. The van der Waals surface area contributed by atoms with Crippen LogP contribution in [0.3, 0.4) is 0 Å². The van der Waals surface area contributed by atoms with E-state index in [0.29, 0.717) is 22.5 Å². The maximum atomic E-state index is 13.2. The second kappa shape index (κ2) is 7.83. The Morgan fingerprint density at radius 2 is 0.824 bits per heavy atom. The lowest BCUT2D eigenvalue weighted by molar-refractivity contribution is -0.129. The Balaban J connectivity index is 1.40. The summed E-state index contributed by atoms with van der Waals surface area (Å²) < 4.78 is 0. The summed E-state index contributed by atoms with van der Waals surface area (Å²) in [5, 5.41) is 0. The van der Waals surface area contributed by atoms with Crippen molar-refractivity contribution in [2.75, 3.05) is 9.80 Å². The van der Waals surface area contributed by atoms with Crippen LogP contribution in [-0.2, 0) is 19.2 Å². The summed E-state index contributed by atoms with van der Waals surface area (Å²) in [6, 6.07) is 12.5. The monoisotopic (exact) mass is 458 g/mol. The second-order valence-electron chi connectivity index (χ2n) is 9.13. The maximum absolute atomic E-state index is 13.2. The Labute approximate surface area is 195 Å². The number of hydrogen-bond acceptors (Lipinski definition) is 6. The van der Waals surface area contributed by atoms with Crippen LogP contribution in [0.25, 0.3) is 0 Å². The van der Waals surface area contributed by atoms with Crippen LogP contribution >= 0.6 is 0 Å². The van der Waals surface area contributed by atoms with Gasteiger partial charge in [0.05, 0.1) is 35.0 Å². The molecule has 1 saturated carbocycles. The minimum atomic E-state index is -0.668. The molecule has 0 N–H and O–H groups in total. The van der Waals surface area contributed by atoms with Crippen LogP contribution in [0.15, 0.2) is 48.5 Å². The van der Waals surface area contributed by atoms with E-state index in [2.05, 4.69) is 0 Å². The largest absolute Gasteiger partial charge is 0.295 e. The van der Waals surface area contributed by atoms with E-state index >= 15 is 0 Å². The fourth-order valence-electron chi connectivity index (χ4n) is 5.38. The molecule has 0 spiro atoms. The summed E-state index contributed by atoms with van der Waals surface area (Å²) in [6.45, 7) is 2.87. The molecule has 5 rings (SSSR count). The van der Waals surface area contributed by atoms with Crippen molar-refractivity contribution in [3.8, 4) is 0 Å². The van der Waals surface area contributed by atoms with E-state index in [1.807, 2.05) is 0 Å². The highest BCUT2D eigenvalue weighted by Gasteiger charge is 2.60. The van der Waals surface area contributed by atoms with E-state index in [-0.39, 0.29) is 48.0 Å². The predicted molar refractivity (Wildman–Crippen MR) is 121 cm³/mol. The number of imide groups is 2. The quantitative estimate of drug-likeness (QED) is 0.515. The summed E-state index contributed by atoms with van der Waals surface area (Å²) in [5.41, 5.74) is 1.71. The van der Waals surface area contributed by atoms with Gasteiger partial charge in [-0.3, -0.25) is 38.6 Å². The molecule has 2 aliphatic heterocycles. The average molecular weight is 458 g/mol. The molecule has 2 saturated heterocycles. The highest BCUT2D eigenvalue weighted by molar-refractivity contribution is 6.25.